The zero-order valence-electron chi connectivity index (χ0n) is 13.0. The van der Waals surface area contributed by atoms with Crippen molar-refractivity contribution in [3.8, 4) is 0 Å². The highest BCUT2D eigenvalue weighted by molar-refractivity contribution is 7.91. The fourth-order valence-corrected chi connectivity index (χ4v) is 3.07. The number of hydrogen-bond acceptors (Lipinski definition) is 5. The van der Waals surface area contributed by atoms with E-state index in [9.17, 15) is 13.2 Å². The third-order valence-corrected chi connectivity index (χ3v) is 5.36. The van der Waals surface area contributed by atoms with Gasteiger partial charge in [0.15, 0.2) is 0 Å². The zero-order valence-corrected chi connectivity index (χ0v) is 14.6. The lowest BCUT2D eigenvalue weighted by Gasteiger charge is -2.20. The molecular formula is C13H21ClN4O3S. The number of sulfone groups is 1. The smallest absolute Gasteiger partial charge is 0.318 e. The summed E-state index contributed by atoms with van der Waals surface area (Å²) in [5.41, 5.74) is 0. The molecule has 1 unspecified atom stereocenters. The summed E-state index contributed by atoms with van der Waals surface area (Å²) in [6.45, 7) is 9.45. The monoisotopic (exact) mass is 348 g/mol. The molecule has 1 atom stereocenters. The standard InChI is InChI=1S/C13H21ClN4O3S/c1-5-7-17(8-10(3)14)13(19)18-9-15-12(16-18)22(20,21)11(4)6-2/h9,11H,3,5-8H2,1-2,4H3. The molecule has 0 aliphatic heterocycles. The van der Waals surface area contributed by atoms with Gasteiger partial charge in [-0.05, 0) is 19.8 Å². The number of halogens is 1. The van der Waals surface area contributed by atoms with Crippen molar-refractivity contribution in [2.45, 2.75) is 44.0 Å². The average molecular weight is 349 g/mol. The van der Waals surface area contributed by atoms with Crippen molar-refractivity contribution in [3.05, 3.63) is 17.9 Å². The van der Waals surface area contributed by atoms with Crippen LogP contribution in [0.1, 0.15) is 33.6 Å². The summed E-state index contributed by atoms with van der Waals surface area (Å²) in [5, 5.41) is 3.19. The van der Waals surface area contributed by atoms with Crippen LogP contribution in [0.4, 0.5) is 4.79 Å². The van der Waals surface area contributed by atoms with Crippen LogP contribution >= 0.6 is 11.6 Å². The van der Waals surface area contributed by atoms with Gasteiger partial charge in [0.2, 0.25) is 9.84 Å². The van der Waals surface area contributed by atoms with Crippen LogP contribution in [0.25, 0.3) is 0 Å². The van der Waals surface area contributed by atoms with Crippen molar-refractivity contribution in [2.75, 3.05) is 13.1 Å². The first-order valence-corrected chi connectivity index (χ1v) is 8.94. The van der Waals surface area contributed by atoms with Gasteiger partial charge in [0.05, 0.1) is 11.8 Å². The molecule has 0 aromatic carbocycles. The van der Waals surface area contributed by atoms with E-state index in [2.05, 4.69) is 16.7 Å². The zero-order chi connectivity index (χ0) is 16.9. The molecule has 0 fully saturated rings. The maximum absolute atomic E-state index is 12.3. The van der Waals surface area contributed by atoms with E-state index in [1.165, 1.54) is 4.90 Å². The SMILES string of the molecule is C=C(Cl)CN(CCC)C(=O)n1cnc(S(=O)(=O)C(C)CC)n1. The van der Waals surface area contributed by atoms with Crippen molar-refractivity contribution in [3.63, 3.8) is 0 Å². The van der Waals surface area contributed by atoms with Crippen molar-refractivity contribution >= 4 is 27.5 Å². The Kier molecular flexibility index (Phi) is 6.55. The van der Waals surface area contributed by atoms with Gasteiger partial charge in [-0.25, -0.2) is 18.2 Å². The van der Waals surface area contributed by atoms with Gasteiger partial charge in [-0.2, -0.15) is 4.68 Å². The minimum Gasteiger partial charge on any atom is -0.318 e. The molecule has 1 heterocycles. The molecule has 9 heteroatoms. The minimum atomic E-state index is -3.62. The minimum absolute atomic E-state index is 0.168. The van der Waals surface area contributed by atoms with E-state index in [1.807, 2.05) is 6.92 Å². The first-order chi connectivity index (χ1) is 10.2. The molecule has 0 bridgehead atoms. The van der Waals surface area contributed by atoms with Gasteiger partial charge in [-0.3, -0.25) is 0 Å². The number of aromatic nitrogens is 3. The van der Waals surface area contributed by atoms with Crippen LogP contribution in [-0.4, -0.2) is 52.5 Å². The van der Waals surface area contributed by atoms with Gasteiger partial charge < -0.3 is 4.90 Å². The predicted octanol–water partition coefficient (Wildman–Crippen LogP) is 2.28. The second kappa shape index (κ2) is 7.73. The van der Waals surface area contributed by atoms with Crippen LogP contribution in [0.3, 0.4) is 0 Å². The third kappa shape index (κ3) is 4.30. The quantitative estimate of drug-likeness (QED) is 0.754. The summed E-state index contributed by atoms with van der Waals surface area (Å²) in [5.74, 6) is 0. The first kappa shape index (κ1) is 18.6. The highest BCUT2D eigenvalue weighted by atomic mass is 35.5. The van der Waals surface area contributed by atoms with Crippen LogP contribution < -0.4 is 0 Å². The maximum atomic E-state index is 12.3. The lowest BCUT2D eigenvalue weighted by Crippen LogP contribution is -2.36. The predicted molar refractivity (Wildman–Crippen MR) is 84.6 cm³/mol. The van der Waals surface area contributed by atoms with Gasteiger partial charge in [0.25, 0.3) is 5.16 Å². The molecular weight excluding hydrogens is 328 g/mol. The molecule has 0 saturated heterocycles. The van der Waals surface area contributed by atoms with E-state index < -0.39 is 21.1 Å². The fraction of sp³-hybridized carbons (Fsp3) is 0.615. The molecule has 0 aliphatic carbocycles. The van der Waals surface area contributed by atoms with Gasteiger partial charge >= 0.3 is 6.03 Å². The molecule has 0 aliphatic rings. The molecule has 1 aromatic heterocycles. The number of nitrogens with zero attached hydrogens (tertiary/aromatic N) is 4. The van der Waals surface area contributed by atoms with E-state index in [-0.39, 0.29) is 11.7 Å². The van der Waals surface area contributed by atoms with Crippen LogP contribution in [0, 0.1) is 0 Å². The number of carbonyl (C=O) groups excluding carboxylic acids is 1. The second-order valence-electron chi connectivity index (χ2n) is 4.96. The molecule has 0 N–H and O–H groups in total. The van der Waals surface area contributed by atoms with Crippen molar-refractivity contribution in [1.29, 1.82) is 0 Å². The lowest BCUT2D eigenvalue weighted by molar-refractivity contribution is 0.201. The van der Waals surface area contributed by atoms with Crippen LogP contribution in [-0.2, 0) is 9.84 Å². The summed E-state index contributed by atoms with van der Waals surface area (Å²) in [4.78, 5) is 17.5. The number of hydrogen-bond donors (Lipinski definition) is 0. The molecule has 0 saturated carbocycles. The van der Waals surface area contributed by atoms with E-state index in [1.54, 1.807) is 13.8 Å². The summed E-state index contributed by atoms with van der Waals surface area (Å²) in [7, 11) is -3.62. The lowest BCUT2D eigenvalue weighted by atomic mass is 10.4. The van der Waals surface area contributed by atoms with Gasteiger partial charge in [0.1, 0.15) is 6.33 Å². The van der Waals surface area contributed by atoms with Crippen molar-refractivity contribution in [2.24, 2.45) is 0 Å². The Balaban J connectivity index is 3.04. The highest BCUT2D eigenvalue weighted by Crippen LogP contribution is 2.14. The highest BCUT2D eigenvalue weighted by Gasteiger charge is 2.27. The van der Waals surface area contributed by atoms with Gasteiger partial charge in [-0.15, -0.1) is 5.10 Å². The largest absolute Gasteiger partial charge is 0.346 e. The van der Waals surface area contributed by atoms with Crippen molar-refractivity contribution in [1.82, 2.24) is 19.7 Å². The molecule has 124 valence electrons. The first-order valence-electron chi connectivity index (χ1n) is 7.02. The van der Waals surface area contributed by atoms with Crippen LogP contribution in [0.15, 0.2) is 23.1 Å². The molecule has 1 rings (SSSR count). The average Bonchev–Trinajstić information content (AvgIpc) is 2.95. The summed E-state index contributed by atoms with van der Waals surface area (Å²) >= 11 is 5.75. The van der Waals surface area contributed by atoms with Crippen LogP contribution in [0.5, 0.6) is 0 Å². The number of carbonyl (C=O) groups is 1. The van der Waals surface area contributed by atoms with E-state index >= 15 is 0 Å². The molecule has 7 nitrogen and oxygen atoms in total. The summed E-state index contributed by atoms with van der Waals surface area (Å²) in [6, 6.07) is -0.484. The number of rotatable bonds is 7. The Morgan fingerprint density at radius 1 is 1.50 bits per heavy atom. The molecule has 22 heavy (non-hydrogen) atoms. The fourth-order valence-electron chi connectivity index (χ4n) is 1.73. The molecule has 0 radical (unpaired) electrons. The molecule has 0 spiro atoms. The van der Waals surface area contributed by atoms with E-state index in [4.69, 9.17) is 11.6 Å². The second-order valence-corrected chi connectivity index (χ2v) is 7.75. The maximum Gasteiger partial charge on any atom is 0.346 e. The number of amides is 1. The molecule has 1 amide bonds. The van der Waals surface area contributed by atoms with Gasteiger partial charge in [0, 0.05) is 11.6 Å². The Bertz CT molecular complexity index is 641. The Labute approximate surface area is 135 Å². The van der Waals surface area contributed by atoms with Crippen molar-refractivity contribution < 1.29 is 13.2 Å². The Morgan fingerprint density at radius 2 is 2.14 bits per heavy atom. The summed E-state index contributed by atoms with van der Waals surface area (Å²) in [6.07, 6.45) is 2.28. The topological polar surface area (TPSA) is 85.2 Å². The van der Waals surface area contributed by atoms with E-state index in [0.717, 1.165) is 17.4 Å². The van der Waals surface area contributed by atoms with Gasteiger partial charge in [-0.1, -0.05) is 32.0 Å². The van der Waals surface area contributed by atoms with E-state index in [0.29, 0.717) is 18.0 Å². The normalized spacial score (nSPS) is 12.9. The third-order valence-electron chi connectivity index (χ3n) is 3.15. The Hall–Kier alpha value is -1.41. The summed E-state index contributed by atoms with van der Waals surface area (Å²) < 4.78 is 25.3. The molecule has 1 aromatic rings. The Morgan fingerprint density at radius 3 is 2.64 bits per heavy atom. The van der Waals surface area contributed by atoms with Crippen LogP contribution in [0.2, 0.25) is 0 Å².